The van der Waals surface area contributed by atoms with Crippen LogP contribution in [0.2, 0.25) is 0 Å². The van der Waals surface area contributed by atoms with Gasteiger partial charge >= 0.3 is 5.97 Å². The van der Waals surface area contributed by atoms with Gasteiger partial charge < -0.3 is 15.4 Å². The molecule has 5 bridgehead atoms. The highest BCUT2D eigenvalue weighted by molar-refractivity contribution is 5.92. The lowest BCUT2D eigenvalue weighted by molar-refractivity contribution is -0.157. The Morgan fingerprint density at radius 2 is 1.87 bits per heavy atom. The van der Waals surface area contributed by atoms with E-state index in [-0.39, 0.29) is 24.2 Å². The van der Waals surface area contributed by atoms with Crippen LogP contribution in [0.4, 0.5) is 0 Å². The van der Waals surface area contributed by atoms with Crippen LogP contribution in [0.5, 0.6) is 0 Å². The number of hydrazine groups is 1. The van der Waals surface area contributed by atoms with Crippen LogP contribution in [0.15, 0.2) is 36.5 Å². The summed E-state index contributed by atoms with van der Waals surface area (Å²) in [4.78, 5) is 56.2. The maximum absolute atomic E-state index is 13.1. The van der Waals surface area contributed by atoms with E-state index in [9.17, 15) is 19.2 Å². The molecule has 2 aromatic rings. The van der Waals surface area contributed by atoms with Crippen molar-refractivity contribution in [3.8, 4) is 0 Å². The van der Waals surface area contributed by atoms with Crippen molar-refractivity contribution in [3.05, 3.63) is 47.7 Å². The lowest BCUT2D eigenvalue weighted by Gasteiger charge is -2.35. The van der Waals surface area contributed by atoms with Crippen molar-refractivity contribution < 1.29 is 23.9 Å². The van der Waals surface area contributed by atoms with Crippen LogP contribution in [0.25, 0.3) is 17.0 Å². The number of carbonyl (C=O) groups is 4. The molecular weight excluding hydrogens is 486 g/mol. The fourth-order valence-corrected chi connectivity index (χ4v) is 4.62. The van der Waals surface area contributed by atoms with Gasteiger partial charge in [-0.3, -0.25) is 29.2 Å². The molecule has 4 atom stereocenters. The Balaban J connectivity index is 1.64. The van der Waals surface area contributed by atoms with Crippen molar-refractivity contribution in [2.24, 2.45) is 5.92 Å². The van der Waals surface area contributed by atoms with Gasteiger partial charge in [0.2, 0.25) is 11.8 Å². The van der Waals surface area contributed by atoms with E-state index >= 15 is 0 Å². The summed E-state index contributed by atoms with van der Waals surface area (Å²) in [7, 11) is 0. The third-order valence-corrected chi connectivity index (χ3v) is 6.83. The molecule has 1 aromatic carbocycles. The van der Waals surface area contributed by atoms with E-state index in [2.05, 4.69) is 21.0 Å². The smallest absolute Gasteiger partial charge is 0.325 e. The first-order valence-electron chi connectivity index (χ1n) is 13.1. The second-order valence-corrected chi connectivity index (χ2v) is 10.2. The highest BCUT2D eigenvalue weighted by atomic mass is 16.5. The van der Waals surface area contributed by atoms with E-state index in [1.165, 1.54) is 5.01 Å². The fraction of sp³-hybridized carbons (Fsp3) is 0.464. The number of fused-ring (bicyclic) bond motifs is 4. The number of aromatic nitrogens is 1. The lowest BCUT2D eigenvalue weighted by atomic mass is 10.0. The largest absolute Gasteiger partial charge is 0.457 e. The van der Waals surface area contributed by atoms with E-state index in [4.69, 9.17) is 4.74 Å². The molecule has 0 saturated carbocycles. The quantitative estimate of drug-likeness (QED) is 0.492. The topological polar surface area (TPSA) is 130 Å². The molecule has 1 unspecified atom stereocenters. The zero-order valence-electron chi connectivity index (χ0n) is 22.2. The zero-order chi connectivity index (χ0) is 27.4. The Morgan fingerprint density at radius 1 is 1.08 bits per heavy atom. The molecule has 0 aliphatic carbocycles. The van der Waals surface area contributed by atoms with Gasteiger partial charge in [0.1, 0.15) is 24.2 Å². The number of cyclic esters (lactones) is 1. The summed E-state index contributed by atoms with van der Waals surface area (Å²) in [6.07, 6.45) is 5.94. The maximum Gasteiger partial charge on any atom is 0.325 e. The summed E-state index contributed by atoms with van der Waals surface area (Å²) in [5.41, 5.74) is 5.40. The Labute approximate surface area is 222 Å². The highest BCUT2D eigenvalue weighted by Gasteiger charge is 2.33. The molecule has 10 heteroatoms. The van der Waals surface area contributed by atoms with Gasteiger partial charge in [0.05, 0.1) is 5.52 Å². The molecule has 0 radical (unpaired) electrons. The van der Waals surface area contributed by atoms with Crippen molar-refractivity contribution >= 4 is 40.7 Å². The number of nitrogens with zero attached hydrogens (tertiary/aromatic N) is 2. The number of esters is 1. The van der Waals surface area contributed by atoms with Gasteiger partial charge in [-0.15, -0.1) is 0 Å². The molecule has 2 aliphatic rings. The SMILES string of the molecule is CC(C)C1NC(=O)C/C=C/c2cnc3ccc(cc3c2)[C@@H](C)OC(=O)[C@@H]2CCCN(N2)C(=O)[C@H](C)NC1=O. The molecule has 3 N–H and O–H groups in total. The minimum atomic E-state index is -0.860. The molecule has 38 heavy (non-hydrogen) atoms. The van der Waals surface area contributed by atoms with Gasteiger partial charge in [0, 0.05) is 24.5 Å². The Hall–Kier alpha value is -3.79. The maximum atomic E-state index is 13.1. The molecule has 1 fully saturated rings. The Kier molecular flexibility index (Phi) is 8.41. The summed E-state index contributed by atoms with van der Waals surface area (Å²) in [5, 5.41) is 7.74. The zero-order valence-corrected chi connectivity index (χ0v) is 22.2. The number of benzene rings is 1. The van der Waals surface area contributed by atoms with E-state index in [1.54, 1.807) is 32.2 Å². The number of hydrogen-bond donors (Lipinski definition) is 3. The van der Waals surface area contributed by atoms with Crippen LogP contribution in [-0.2, 0) is 23.9 Å². The minimum Gasteiger partial charge on any atom is -0.457 e. The van der Waals surface area contributed by atoms with Crippen LogP contribution in [0.3, 0.4) is 0 Å². The summed E-state index contributed by atoms with van der Waals surface area (Å²) in [5.74, 6) is -1.76. The molecule has 1 aromatic heterocycles. The fourth-order valence-electron chi connectivity index (χ4n) is 4.62. The van der Waals surface area contributed by atoms with Gasteiger partial charge in [-0.2, -0.15) is 0 Å². The van der Waals surface area contributed by atoms with Crippen LogP contribution >= 0.6 is 0 Å². The monoisotopic (exact) mass is 521 g/mol. The van der Waals surface area contributed by atoms with Gasteiger partial charge in [0.25, 0.3) is 5.91 Å². The van der Waals surface area contributed by atoms with E-state index in [0.717, 1.165) is 22.0 Å². The molecule has 2 aliphatic heterocycles. The molecule has 10 nitrogen and oxygen atoms in total. The second kappa shape index (κ2) is 11.7. The predicted molar refractivity (Wildman–Crippen MR) is 142 cm³/mol. The first-order chi connectivity index (χ1) is 18.1. The Morgan fingerprint density at radius 3 is 2.63 bits per heavy atom. The molecule has 202 valence electrons. The van der Waals surface area contributed by atoms with Gasteiger partial charge in [-0.1, -0.05) is 32.1 Å². The van der Waals surface area contributed by atoms with E-state index in [1.807, 2.05) is 38.1 Å². The average molecular weight is 522 g/mol. The minimum absolute atomic E-state index is 0.0785. The first kappa shape index (κ1) is 27.3. The molecule has 3 amide bonds. The number of nitrogens with one attached hydrogen (secondary N) is 3. The third-order valence-electron chi connectivity index (χ3n) is 6.83. The van der Waals surface area contributed by atoms with Crippen molar-refractivity contribution in [2.45, 2.75) is 71.2 Å². The summed E-state index contributed by atoms with van der Waals surface area (Å²) < 4.78 is 5.76. The van der Waals surface area contributed by atoms with Crippen LogP contribution in [0, 0.1) is 5.92 Å². The molecule has 0 spiro atoms. The van der Waals surface area contributed by atoms with E-state index in [0.29, 0.717) is 19.4 Å². The van der Waals surface area contributed by atoms with Crippen molar-refractivity contribution in [3.63, 3.8) is 0 Å². The molecule has 1 saturated heterocycles. The van der Waals surface area contributed by atoms with Gasteiger partial charge in [-0.05, 0) is 61.9 Å². The number of rotatable bonds is 1. The van der Waals surface area contributed by atoms with Crippen molar-refractivity contribution in [1.82, 2.24) is 26.1 Å². The van der Waals surface area contributed by atoms with Crippen LogP contribution in [0.1, 0.15) is 64.2 Å². The summed E-state index contributed by atoms with van der Waals surface area (Å²) in [6.45, 7) is 7.44. The number of carbonyl (C=O) groups excluding carboxylic acids is 4. The standard InChI is InChI=1S/C28H35N5O5/c1-16(2)25-26(35)30-17(3)27(36)33-12-6-8-23(32-33)28(37)38-18(4)20-10-11-22-21(14-20)13-19(15-29-22)7-5-9-24(34)31-25/h5,7,10-11,13-18,23,25,32H,6,8-9,12H2,1-4H3,(H,30,35)(H,31,34)/b7-5+/t17-,18+,23-,25?/m0/s1. The average Bonchev–Trinajstić information content (AvgIpc) is 2.90. The van der Waals surface area contributed by atoms with Gasteiger partial charge in [-0.25, -0.2) is 5.43 Å². The normalized spacial score (nSPS) is 26.6. The first-order valence-corrected chi connectivity index (χ1v) is 13.1. The van der Waals surface area contributed by atoms with Crippen LogP contribution in [-0.4, -0.2) is 58.4 Å². The number of pyridine rings is 1. The van der Waals surface area contributed by atoms with Gasteiger partial charge in [0.15, 0.2) is 0 Å². The van der Waals surface area contributed by atoms with Crippen molar-refractivity contribution in [2.75, 3.05) is 6.54 Å². The Bertz CT molecular complexity index is 1260. The number of hydrogen-bond acceptors (Lipinski definition) is 7. The third kappa shape index (κ3) is 6.36. The summed E-state index contributed by atoms with van der Waals surface area (Å²) in [6, 6.07) is 5.29. The summed E-state index contributed by atoms with van der Waals surface area (Å²) >= 11 is 0. The van der Waals surface area contributed by atoms with Crippen LogP contribution < -0.4 is 16.1 Å². The van der Waals surface area contributed by atoms with Crippen molar-refractivity contribution in [1.29, 1.82) is 0 Å². The molecule has 3 heterocycles. The number of ether oxygens (including phenoxy) is 1. The second-order valence-electron chi connectivity index (χ2n) is 10.2. The molecule has 4 rings (SSSR count). The highest BCUT2D eigenvalue weighted by Crippen LogP contribution is 2.24. The predicted octanol–water partition coefficient (Wildman–Crippen LogP) is 2.40. The lowest BCUT2D eigenvalue weighted by Crippen LogP contribution is -2.61. The molecular formula is C28H35N5O5. The van der Waals surface area contributed by atoms with E-state index < -0.39 is 36.1 Å². The number of amides is 3.